The molecule has 0 atom stereocenters. The van der Waals surface area contributed by atoms with E-state index in [-0.39, 0.29) is 18.0 Å². The highest BCUT2D eigenvalue weighted by Crippen LogP contribution is 2.20. The second-order valence-corrected chi connectivity index (χ2v) is 5.54. The quantitative estimate of drug-likeness (QED) is 0.908. The van der Waals surface area contributed by atoms with Gasteiger partial charge in [0.15, 0.2) is 0 Å². The van der Waals surface area contributed by atoms with Crippen LogP contribution in [-0.4, -0.2) is 48.2 Å². The van der Waals surface area contributed by atoms with Crippen molar-refractivity contribution in [1.82, 2.24) is 14.8 Å². The SMILES string of the molecule is CCOc1ccc2c(ccc(=O)n2CC(=O)N2CCNCC2)c1. The topological polar surface area (TPSA) is 63.6 Å². The summed E-state index contributed by atoms with van der Waals surface area (Å²) >= 11 is 0. The molecule has 1 aliphatic heterocycles. The molecule has 1 amide bonds. The average Bonchev–Trinajstić information content (AvgIpc) is 2.58. The number of carbonyl (C=O) groups is 1. The molecule has 1 aromatic carbocycles. The van der Waals surface area contributed by atoms with Crippen LogP contribution in [0.15, 0.2) is 35.1 Å². The van der Waals surface area contributed by atoms with Crippen molar-refractivity contribution in [3.63, 3.8) is 0 Å². The maximum absolute atomic E-state index is 12.4. The van der Waals surface area contributed by atoms with Gasteiger partial charge in [-0.2, -0.15) is 0 Å². The van der Waals surface area contributed by atoms with Crippen molar-refractivity contribution in [2.24, 2.45) is 0 Å². The zero-order valence-electron chi connectivity index (χ0n) is 13.2. The predicted molar refractivity (Wildman–Crippen MR) is 88.8 cm³/mol. The molecule has 23 heavy (non-hydrogen) atoms. The zero-order chi connectivity index (χ0) is 16.2. The third-order valence-electron chi connectivity index (χ3n) is 4.04. The monoisotopic (exact) mass is 315 g/mol. The predicted octanol–water partition coefficient (Wildman–Crippen LogP) is 0.832. The van der Waals surface area contributed by atoms with Gasteiger partial charge in [0.25, 0.3) is 5.56 Å². The summed E-state index contributed by atoms with van der Waals surface area (Å²) in [7, 11) is 0. The van der Waals surface area contributed by atoms with Crippen LogP contribution in [0.1, 0.15) is 6.92 Å². The molecule has 0 aliphatic carbocycles. The van der Waals surface area contributed by atoms with E-state index in [4.69, 9.17) is 4.74 Å². The lowest BCUT2D eigenvalue weighted by Crippen LogP contribution is -2.48. The minimum absolute atomic E-state index is 0.0185. The van der Waals surface area contributed by atoms with E-state index >= 15 is 0 Å². The molecule has 6 heteroatoms. The number of piperazine rings is 1. The number of carbonyl (C=O) groups excluding carboxylic acids is 1. The number of nitrogens with one attached hydrogen (secondary N) is 1. The first kappa shape index (κ1) is 15.6. The maximum Gasteiger partial charge on any atom is 0.251 e. The molecule has 1 aromatic heterocycles. The molecule has 0 saturated carbocycles. The van der Waals surface area contributed by atoms with Gasteiger partial charge in [0.1, 0.15) is 12.3 Å². The molecular weight excluding hydrogens is 294 g/mol. The molecule has 0 radical (unpaired) electrons. The molecule has 0 unspecified atom stereocenters. The van der Waals surface area contributed by atoms with Crippen LogP contribution in [-0.2, 0) is 11.3 Å². The molecule has 1 aliphatic rings. The number of aromatic nitrogens is 1. The summed E-state index contributed by atoms with van der Waals surface area (Å²) < 4.78 is 7.03. The van der Waals surface area contributed by atoms with Gasteiger partial charge in [-0.15, -0.1) is 0 Å². The Morgan fingerprint density at radius 2 is 2.00 bits per heavy atom. The van der Waals surface area contributed by atoms with Gasteiger partial charge < -0.3 is 15.0 Å². The van der Waals surface area contributed by atoms with Crippen LogP contribution in [0.25, 0.3) is 10.9 Å². The van der Waals surface area contributed by atoms with Crippen LogP contribution in [0.5, 0.6) is 5.75 Å². The van der Waals surface area contributed by atoms with Crippen molar-refractivity contribution >= 4 is 16.8 Å². The fourth-order valence-corrected chi connectivity index (χ4v) is 2.85. The molecular formula is C17H21N3O3. The largest absolute Gasteiger partial charge is 0.494 e. The number of pyridine rings is 1. The Hall–Kier alpha value is -2.34. The van der Waals surface area contributed by atoms with E-state index in [0.717, 1.165) is 29.7 Å². The third-order valence-corrected chi connectivity index (χ3v) is 4.04. The fourth-order valence-electron chi connectivity index (χ4n) is 2.85. The third kappa shape index (κ3) is 3.37. The molecule has 0 spiro atoms. The van der Waals surface area contributed by atoms with Crippen LogP contribution in [0.3, 0.4) is 0 Å². The van der Waals surface area contributed by atoms with E-state index in [1.807, 2.05) is 25.1 Å². The Labute approximate surface area is 134 Å². The Morgan fingerprint density at radius 3 is 2.74 bits per heavy atom. The first-order valence-corrected chi connectivity index (χ1v) is 7.94. The number of amides is 1. The van der Waals surface area contributed by atoms with Gasteiger partial charge >= 0.3 is 0 Å². The van der Waals surface area contributed by atoms with Crippen molar-refractivity contribution in [3.05, 3.63) is 40.7 Å². The van der Waals surface area contributed by atoms with Crippen molar-refractivity contribution in [1.29, 1.82) is 0 Å². The summed E-state index contributed by atoms with van der Waals surface area (Å²) in [5.41, 5.74) is 0.592. The van der Waals surface area contributed by atoms with Crippen LogP contribution in [0, 0.1) is 0 Å². The summed E-state index contributed by atoms with van der Waals surface area (Å²) in [5, 5.41) is 4.11. The van der Waals surface area contributed by atoms with Crippen LogP contribution in [0.2, 0.25) is 0 Å². The minimum Gasteiger partial charge on any atom is -0.494 e. The van der Waals surface area contributed by atoms with Gasteiger partial charge in [0.05, 0.1) is 12.1 Å². The van der Waals surface area contributed by atoms with Crippen LogP contribution >= 0.6 is 0 Å². The standard InChI is InChI=1S/C17H21N3O3/c1-2-23-14-4-5-15-13(11-14)3-6-16(21)20(15)12-17(22)19-9-7-18-8-10-19/h3-6,11,18H,2,7-10,12H2,1H3. The smallest absolute Gasteiger partial charge is 0.251 e. The lowest BCUT2D eigenvalue weighted by atomic mass is 10.2. The van der Waals surface area contributed by atoms with Gasteiger partial charge in [-0.25, -0.2) is 0 Å². The maximum atomic E-state index is 12.4. The number of rotatable bonds is 4. The Morgan fingerprint density at radius 1 is 1.22 bits per heavy atom. The van der Waals surface area contributed by atoms with Gasteiger partial charge in [0, 0.05) is 37.6 Å². The molecule has 1 saturated heterocycles. The molecule has 6 nitrogen and oxygen atoms in total. The molecule has 0 bridgehead atoms. The molecule has 122 valence electrons. The van der Waals surface area contributed by atoms with Crippen molar-refractivity contribution < 1.29 is 9.53 Å². The van der Waals surface area contributed by atoms with Gasteiger partial charge in [-0.1, -0.05) is 0 Å². The highest BCUT2D eigenvalue weighted by atomic mass is 16.5. The number of ether oxygens (including phenoxy) is 1. The van der Waals surface area contributed by atoms with E-state index in [2.05, 4.69) is 5.32 Å². The van der Waals surface area contributed by atoms with Gasteiger partial charge in [-0.05, 0) is 31.2 Å². The normalized spacial score (nSPS) is 14.9. The molecule has 2 aromatic rings. The number of hydrogen-bond acceptors (Lipinski definition) is 4. The summed E-state index contributed by atoms with van der Waals surface area (Å²) in [4.78, 5) is 26.5. The second-order valence-electron chi connectivity index (χ2n) is 5.54. The lowest BCUT2D eigenvalue weighted by Gasteiger charge is -2.27. The summed E-state index contributed by atoms with van der Waals surface area (Å²) in [6, 6.07) is 8.84. The van der Waals surface area contributed by atoms with Gasteiger partial charge in [-0.3, -0.25) is 14.2 Å². The lowest BCUT2D eigenvalue weighted by molar-refractivity contribution is -0.132. The molecule has 2 heterocycles. The van der Waals surface area contributed by atoms with Crippen molar-refractivity contribution in [3.8, 4) is 5.75 Å². The Kier molecular flexibility index (Phi) is 4.62. The van der Waals surface area contributed by atoms with E-state index < -0.39 is 0 Å². The van der Waals surface area contributed by atoms with E-state index in [0.29, 0.717) is 19.7 Å². The molecule has 1 N–H and O–H groups in total. The van der Waals surface area contributed by atoms with E-state index in [1.54, 1.807) is 11.0 Å². The highest BCUT2D eigenvalue weighted by Gasteiger charge is 2.17. The summed E-state index contributed by atoms with van der Waals surface area (Å²) in [6.07, 6.45) is 0. The van der Waals surface area contributed by atoms with Crippen molar-refractivity contribution in [2.75, 3.05) is 32.8 Å². The number of hydrogen-bond donors (Lipinski definition) is 1. The Balaban J connectivity index is 1.91. The zero-order valence-corrected chi connectivity index (χ0v) is 13.2. The number of nitrogens with zero attached hydrogens (tertiary/aromatic N) is 2. The number of benzene rings is 1. The molecule has 3 rings (SSSR count). The van der Waals surface area contributed by atoms with E-state index in [9.17, 15) is 9.59 Å². The summed E-state index contributed by atoms with van der Waals surface area (Å²) in [6.45, 7) is 5.56. The Bertz CT molecular complexity index is 763. The fraction of sp³-hybridized carbons (Fsp3) is 0.412. The van der Waals surface area contributed by atoms with Crippen molar-refractivity contribution in [2.45, 2.75) is 13.5 Å². The van der Waals surface area contributed by atoms with E-state index in [1.165, 1.54) is 10.6 Å². The van der Waals surface area contributed by atoms with Gasteiger partial charge in [0.2, 0.25) is 5.91 Å². The molecule has 1 fully saturated rings. The second kappa shape index (κ2) is 6.83. The van der Waals surface area contributed by atoms with Crippen LogP contribution < -0.4 is 15.6 Å². The van der Waals surface area contributed by atoms with Crippen LogP contribution in [0.4, 0.5) is 0 Å². The first-order chi connectivity index (χ1) is 11.2. The minimum atomic E-state index is -0.162. The average molecular weight is 315 g/mol. The first-order valence-electron chi connectivity index (χ1n) is 7.94. The highest BCUT2D eigenvalue weighted by molar-refractivity contribution is 5.83. The number of fused-ring (bicyclic) bond motifs is 1. The summed E-state index contributed by atoms with van der Waals surface area (Å²) in [5.74, 6) is 0.744.